The first-order valence-corrected chi connectivity index (χ1v) is 10.6. The van der Waals surface area contributed by atoms with Crippen LogP contribution in [-0.2, 0) is 13.0 Å². The smallest absolute Gasteiger partial charge is 0.0227 e. The Hall–Kier alpha value is -1.54. The Labute approximate surface area is 167 Å². The molecule has 0 saturated carbocycles. The van der Waals surface area contributed by atoms with E-state index in [2.05, 4.69) is 76.6 Å². The van der Waals surface area contributed by atoms with Crippen LogP contribution < -0.4 is 5.73 Å². The maximum absolute atomic E-state index is 5.88. The number of hydrogen-bond donors (Lipinski definition) is 1. The molecule has 1 aromatic carbocycles. The average Bonchev–Trinajstić information content (AvgIpc) is 2.67. The second-order valence-electron chi connectivity index (χ2n) is 9.10. The van der Waals surface area contributed by atoms with Gasteiger partial charge < -0.3 is 10.6 Å². The van der Waals surface area contributed by atoms with Crippen LogP contribution in [0, 0.1) is 11.3 Å². The van der Waals surface area contributed by atoms with Gasteiger partial charge in [0.15, 0.2) is 0 Å². The first kappa shape index (κ1) is 21.8. The third-order valence-electron chi connectivity index (χ3n) is 6.59. The number of benzene rings is 1. The van der Waals surface area contributed by atoms with Crippen LogP contribution in [0.15, 0.2) is 48.2 Å². The molecule has 0 saturated heterocycles. The quantitative estimate of drug-likeness (QED) is 0.536. The summed E-state index contributed by atoms with van der Waals surface area (Å²) in [7, 11) is 2.18. The summed E-state index contributed by atoms with van der Waals surface area (Å²) in [6.45, 7) is 14.3. The number of nitrogens with two attached hydrogens (primary N) is 1. The molecule has 2 heteroatoms. The van der Waals surface area contributed by atoms with Crippen molar-refractivity contribution >= 4 is 0 Å². The zero-order valence-corrected chi connectivity index (χ0v) is 18.2. The number of aryl methyl sites for hydroxylation is 1. The highest BCUT2D eigenvalue weighted by molar-refractivity contribution is 5.27. The van der Waals surface area contributed by atoms with Gasteiger partial charge in [0.1, 0.15) is 0 Å². The lowest BCUT2D eigenvalue weighted by molar-refractivity contribution is 0.222. The van der Waals surface area contributed by atoms with Crippen molar-refractivity contribution in [3.05, 3.63) is 59.3 Å². The second kappa shape index (κ2) is 9.59. The summed E-state index contributed by atoms with van der Waals surface area (Å²) in [6, 6.07) is 9.12. The van der Waals surface area contributed by atoms with Gasteiger partial charge in [-0.2, -0.15) is 0 Å². The van der Waals surface area contributed by atoms with Gasteiger partial charge in [-0.25, -0.2) is 0 Å². The predicted molar refractivity (Wildman–Crippen MR) is 119 cm³/mol. The van der Waals surface area contributed by atoms with Crippen LogP contribution >= 0.6 is 0 Å². The molecular weight excluding hydrogens is 328 g/mol. The van der Waals surface area contributed by atoms with Crippen molar-refractivity contribution in [3.63, 3.8) is 0 Å². The predicted octanol–water partition coefficient (Wildman–Crippen LogP) is 6.07. The number of hydrogen-bond acceptors (Lipinski definition) is 2. The normalized spacial score (nSPS) is 21.1. The lowest BCUT2D eigenvalue weighted by atomic mass is 9.72. The maximum atomic E-state index is 5.88. The topological polar surface area (TPSA) is 29.3 Å². The molecule has 0 aromatic heterocycles. The van der Waals surface area contributed by atoms with Crippen LogP contribution in [0.2, 0.25) is 0 Å². The lowest BCUT2D eigenvalue weighted by Crippen LogP contribution is -2.35. The molecular formula is C25H40N2. The van der Waals surface area contributed by atoms with Crippen molar-refractivity contribution in [2.45, 2.75) is 78.8 Å². The SMILES string of the molecule is C=C(N(C)C(C)C)C1(C)CC=C(CC(C)CCc2ccccc2CN)CC1. The van der Waals surface area contributed by atoms with E-state index in [0.717, 1.165) is 12.8 Å². The minimum absolute atomic E-state index is 0.214. The first-order chi connectivity index (χ1) is 12.8. The number of nitrogens with zero attached hydrogens (tertiary/aromatic N) is 1. The fourth-order valence-electron chi connectivity index (χ4n) is 4.15. The van der Waals surface area contributed by atoms with E-state index in [1.165, 1.54) is 42.5 Å². The highest BCUT2D eigenvalue weighted by Crippen LogP contribution is 2.43. The molecule has 2 nitrogen and oxygen atoms in total. The molecule has 2 atom stereocenters. The van der Waals surface area contributed by atoms with Gasteiger partial charge in [0.2, 0.25) is 0 Å². The summed E-state index contributed by atoms with van der Waals surface area (Å²) >= 11 is 0. The number of allylic oxidation sites excluding steroid dienone is 3. The molecule has 150 valence electrons. The van der Waals surface area contributed by atoms with E-state index in [0.29, 0.717) is 18.5 Å². The zero-order valence-electron chi connectivity index (χ0n) is 18.2. The van der Waals surface area contributed by atoms with Gasteiger partial charge in [0, 0.05) is 30.7 Å². The summed E-state index contributed by atoms with van der Waals surface area (Å²) < 4.78 is 0. The van der Waals surface area contributed by atoms with Crippen LogP contribution in [0.3, 0.4) is 0 Å². The Balaban J connectivity index is 1.88. The van der Waals surface area contributed by atoms with Gasteiger partial charge in [-0.1, -0.05) is 56.3 Å². The molecule has 1 aliphatic rings. The van der Waals surface area contributed by atoms with Gasteiger partial charge in [-0.15, -0.1) is 0 Å². The molecule has 1 aromatic rings. The summed E-state index contributed by atoms with van der Waals surface area (Å²) in [6.07, 6.45) is 9.66. The van der Waals surface area contributed by atoms with E-state index in [4.69, 9.17) is 5.73 Å². The van der Waals surface area contributed by atoms with Crippen molar-refractivity contribution in [1.82, 2.24) is 4.90 Å². The molecule has 0 aliphatic heterocycles. The monoisotopic (exact) mass is 368 g/mol. The molecule has 2 unspecified atom stereocenters. The van der Waals surface area contributed by atoms with Crippen molar-refractivity contribution in [3.8, 4) is 0 Å². The first-order valence-electron chi connectivity index (χ1n) is 10.6. The minimum atomic E-state index is 0.214. The van der Waals surface area contributed by atoms with Gasteiger partial charge in [-0.3, -0.25) is 0 Å². The molecule has 1 aliphatic carbocycles. The van der Waals surface area contributed by atoms with E-state index in [1.807, 2.05) is 0 Å². The average molecular weight is 369 g/mol. The van der Waals surface area contributed by atoms with Crippen LogP contribution in [0.25, 0.3) is 0 Å². The Morgan fingerprint density at radius 2 is 1.89 bits per heavy atom. The minimum Gasteiger partial charge on any atom is -0.375 e. The Kier molecular flexibility index (Phi) is 7.73. The molecule has 0 heterocycles. The van der Waals surface area contributed by atoms with Gasteiger partial charge in [0.05, 0.1) is 0 Å². The van der Waals surface area contributed by atoms with Crippen LogP contribution in [0.1, 0.15) is 70.9 Å². The molecule has 2 rings (SSSR count). The van der Waals surface area contributed by atoms with Gasteiger partial charge >= 0.3 is 0 Å². The molecule has 0 fully saturated rings. The zero-order chi connectivity index (χ0) is 20.0. The summed E-state index contributed by atoms with van der Waals surface area (Å²) in [4.78, 5) is 2.34. The third kappa shape index (κ3) is 5.72. The second-order valence-corrected chi connectivity index (χ2v) is 9.10. The van der Waals surface area contributed by atoms with Gasteiger partial charge in [0.25, 0.3) is 0 Å². The summed E-state index contributed by atoms with van der Waals surface area (Å²) in [5, 5.41) is 0. The van der Waals surface area contributed by atoms with E-state index >= 15 is 0 Å². The van der Waals surface area contributed by atoms with Gasteiger partial charge in [-0.05, 0) is 69.4 Å². The molecule has 0 amide bonds. The van der Waals surface area contributed by atoms with E-state index in [1.54, 1.807) is 5.57 Å². The van der Waals surface area contributed by atoms with Crippen molar-refractivity contribution in [2.75, 3.05) is 7.05 Å². The van der Waals surface area contributed by atoms with Crippen molar-refractivity contribution in [2.24, 2.45) is 17.1 Å². The largest absolute Gasteiger partial charge is 0.375 e. The van der Waals surface area contributed by atoms with E-state index in [9.17, 15) is 0 Å². The van der Waals surface area contributed by atoms with Crippen LogP contribution in [-0.4, -0.2) is 18.0 Å². The maximum Gasteiger partial charge on any atom is 0.0227 e. The fraction of sp³-hybridized carbons (Fsp3) is 0.600. The molecule has 27 heavy (non-hydrogen) atoms. The number of rotatable bonds is 9. The Bertz CT molecular complexity index is 658. The Morgan fingerprint density at radius 1 is 1.22 bits per heavy atom. The molecule has 2 N–H and O–H groups in total. The fourth-order valence-corrected chi connectivity index (χ4v) is 4.15. The molecule has 0 bridgehead atoms. The lowest BCUT2D eigenvalue weighted by Gasteiger charge is -2.41. The molecule has 0 radical (unpaired) electrons. The van der Waals surface area contributed by atoms with Crippen LogP contribution in [0.4, 0.5) is 0 Å². The summed E-state index contributed by atoms with van der Waals surface area (Å²) in [5.41, 5.74) is 11.7. The van der Waals surface area contributed by atoms with E-state index in [-0.39, 0.29) is 5.41 Å². The van der Waals surface area contributed by atoms with E-state index < -0.39 is 0 Å². The summed E-state index contributed by atoms with van der Waals surface area (Å²) in [5.74, 6) is 0.716. The third-order valence-corrected chi connectivity index (χ3v) is 6.59. The standard InChI is InChI=1S/C25H40N2/c1-19(2)27(6)21(4)25(5)15-13-22(14-16-25)17-20(3)11-12-23-9-7-8-10-24(23)18-26/h7-10,13,19-20H,4,11-12,14-18,26H2,1-3,5-6H3. The highest BCUT2D eigenvalue weighted by atomic mass is 15.1. The van der Waals surface area contributed by atoms with Crippen molar-refractivity contribution in [1.29, 1.82) is 0 Å². The van der Waals surface area contributed by atoms with Crippen LogP contribution in [0.5, 0.6) is 0 Å². The highest BCUT2D eigenvalue weighted by Gasteiger charge is 2.32. The molecule has 0 spiro atoms. The van der Waals surface area contributed by atoms with Crippen molar-refractivity contribution < 1.29 is 0 Å². The Morgan fingerprint density at radius 3 is 2.44 bits per heavy atom.